The van der Waals surface area contributed by atoms with Crippen molar-refractivity contribution in [2.24, 2.45) is 5.92 Å². The standard InChI is InChI=1S/C19H25NO4/c1-22-19(21)16-11-14-4-2-3-5-15(14)20(16)12-13-6-7-17-18(10-13)24-9-8-23-17/h6-7,10,14-16H,2-5,8-9,11-12H2,1H3/t14-,15-,16+/m1/s1. The van der Waals surface area contributed by atoms with E-state index in [0.29, 0.717) is 25.2 Å². The Morgan fingerprint density at radius 1 is 1.21 bits per heavy atom. The van der Waals surface area contributed by atoms with Crippen molar-refractivity contribution in [2.75, 3.05) is 20.3 Å². The summed E-state index contributed by atoms with van der Waals surface area (Å²) in [6.07, 6.45) is 5.89. The molecule has 0 radical (unpaired) electrons. The Hall–Kier alpha value is -1.75. The molecule has 4 rings (SSSR count). The minimum atomic E-state index is -0.115. The molecular formula is C19H25NO4. The quantitative estimate of drug-likeness (QED) is 0.797. The Labute approximate surface area is 142 Å². The fourth-order valence-corrected chi connectivity index (χ4v) is 4.54. The summed E-state index contributed by atoms with van der Waals surface area (Å²) < 4.78 is 16.4. The van der Waals surface area contributed by atoms with Gasteiger partial charge in [0.25, 0.3) is 0 Å². The van der Waals surface area contributed by atoms with Gasteiger partial charge in [-0.1, -0.05) is 18.9 Å². The summed E-state index contributed by atoms with van der Waals surface area (Å²) in [4.78, 5) is 14.6. The highest BCUT2D eigenvalue weighted by atomic mass is 16.6. The summed E-state index contributed by atoms with van der Waals surface area (Å²) in [5.74, 6) is 2.15. The first-order chi connectivity index (χ1) is 11.8. The Morgan fingerprint density at radius 2 is 2.00 bits per heavy atom. The number of ether oxygens (including phenoxy) is 3. The normalized spacial score (nSPS) is 29.1. The van der Waals surface area contributed by atoms with Crippen LogP contribution >= 0.6 is 0 Å². The highest BCUT2D eigenvalue weighted by Gasteiger charge is 2.45. The van der Waals surface area contributed by atoms with Gasteiger partial charge in [-0.2, -0.15) is 0 Å². The lowest BCUT2D eigenvalue weighted by Gasteiger charge is -2.33. The molecule has 2 fully saturated rings. The van der Waals surface area contributed by atoms with Crippen LogP contribution in [-0.4, -0.2) is 43.3 Å². The maximum Gasteiger partial charge on any atom is 0.323 e. The number of methoxy groups -OCH3 is 1. The highest BCUT2D eigenvalue weighted by Crippen LogP contribution is 2.41. The molecule has 0 N–H and O–H groups in total. The second kappa shape index (κ2) is 6.63. The number of likely N-dealkylation sites (tertiary alicyclic amines) is 1. The van der Waals surface area contributed by atoms with Gasteiger partial charge < -0.3 is 14.2 Å². The Balaban J connectivity index is 1.57. The van der Waals surface area contributed by atoms with E-state index in [1.165, 1.54) is 38.4 Å². The second-order valence-corrected chi connectivity index (χ2v) is 7.04. The van der Waals surface area contributed by atoms with E-state index in [1.807, 2.05) is 6.07 Å². The third kappa shape index (κ3) is 2.86. The fourth-order valence-electron chi connectivity index (χ4n) is 4.54. The van der Waals surface area contributed by atoms with Crippen LogP contribution in [0, 0.1) is 5.92 Å². The molecule has 0 unspecified atom stereocenters. The Kier molecular flexibility index (Phi) is 4.35. The van der Waals surface area contributed by atoms with Crippen molar-refractivity contribution in [1.29, 1.82) is 0 Å². The molecule has 0 aromatic heterocycles. The number of benzene rings is 1. The molecule has 0 bridgehead atoms. The highest BCUT2D eigenvalue weighted by molar-refractivity contribution is 5.76. The lowest BCUT2D eigenvalue weighted by atomic mass is 9.84. The predicted molar refractivity (Wildman–Crippen MR) is 89.1 cm³/mol. The van der Waals surface area contributed by atoms with Gasteiger partial charge in [-0.05, 0) is 42.9 Å². The molecule has 5 heteroatoms. The molecule has 0 amide bonds. The van der Waals surface area contributed by atoms with Crippen molar-refractivity contribution in [2.45, 2.75) is 50.7 Å². The molecule has 3 atom stereocenters. The number of carbonyl (C=O) groups excluding carboxylic acids is 1. The van der Waals surface area contributed by atoms with Gasteiger partial charge in [-0.25, -0.2) is 0 Å². The van der Waals surface area contributed by atoms with E-state index in [1.54, 1.807) is 0 Å². The van der Waals surface area contributed by atoms with Crippen molar-refractivity contribution < 1.29 is 19.0 Å². The van der Waals surface area contributed by atoms with Gasteiger partial charge in [0.05, 0.1) is 7.11 Å². The molecular weight excluding hydrogens is 306 g/mol. The molecule has 2 aliphatic heterocycles. The number of rotatable bonds is 3. The topological polar surface area (TPSA) is 48.0 Å². The van der Waals surface area contributed by atoms with Crippen LogP contribution in [0.3, 0.4) is 0 Å². The van der Waals surface area contributed by atoms with Crippen LogP contribution in [0.1, 0.15) is 37.7 Å². The average Bonchev–Trinajstić information content (AvgIpc) is 2.99. The molecule has 1 saturated carbocycles. The summed E-state index contributed by atoms with van der Waals surface area (Å²) in [5.41, 5.74) is 1.17. The fraction of sp³-hybridized carbons (Fsp3) is 0.632. The monoisotopic (exact) mass is 331 g/mol. The van der Waals surface area contributed by atoms with E-state index in [9.17, 15) is 4.79 Å². The van der Waals surface area contributed by atoms with Gasteiger partial charge in [-0.3, -0.25) is 9.69 Å². The largest absolute Gasteiger partial charge is 0.486 e. The molecule has 2 heterocycles. The van der Waals surface area contributed by atoms with E-state index in [0.717, 1.165) is 24.5 Å². The Morgan fingerprint density at radius 3 is 2.83 bits per heavy atom. The predicted octanol–water partition coefficient (Wildman–Crippen LogP) is 2.76. The van der Waals surface area contributed by atoms with Gasteiger partial charge in [0.15, 0.2) is 11.5 Å². The third-order valence-corrected chi connectivity index (χ3v) is 5.67. The minimum Gasteiger partial charge on any atom is -0.486 e. The molecule has 1 saturated heterocycles. The number of hydrogen-bond donors (Lipinski definition) is 0. The van der Waals surface area contributed by atoms with Crippen LogP contribution in [0.2, 0.25) is 0 Å². The summed E-state index contributed by atoms with van der Waals surface area (Å²) in [7, 11) is 1.49. The van der Waals surface area contributed by atoms with E-state index < -0.39 is 0 Å². The van der Waals surface area contributed by atoms with Gasteiger partial charge >= 0.3 is 5.97 Å². The van der Waals surface area contributed by atoms with Crippen LogP contribution in [-0.2, 0) is 16.1 Å². The molecule has 1 aromatic rings. The second-order valence-electron chi connectivity index (χ2n) is 7.04. The van der Waals surface area contributed by atoms with Crippen LogP contribution < -0.4 is 9.47 Å². The molecule has 5 nitrogen and oxygen atoms in total. The van der Waals surface area contributed by atoms with E-state index >= 15 is 0 Å². The van der Waals surface area contributed by atoms with Crippen molar-refractivity contribution in [3.8, 4) is 11.5 Å². The zero-order valence-corrected chi connectivity index (χ0v) is 14.2. The number of esters is 1. The van der Waals surface area contributed by atoms with Crippen LogP contribution in [0.4, 0.5) is 0 Å². The summed E-state index contributed by atoms with van der Waals surface area (Å²) in [6.45, 7) is 1.96. The lowest BCUT2D eigenvalue weighted by molar-refractivity contribution is -0.146. The molecule has 3 aliphatic rings. The van der Waals surface area contributed by atoms with Crippen molar-refractivity contribution >= 4 is 5.97 Å². The van der Waals surface area contributed by atoms with E-state index in [-0.39, 0.29) is 12.0 Å². The maximum absolute atomic E-state index is 12.3. The minimum absolute atomic E-state index is 0.0954. The van der Waals surface area contributed by atoms with Gasteiger partial charge in [0.2, 0.25) is 0 Å². The molecule has 130 valence electrons. The maximum atomic E-state index is 12.3. The number of carbonyl (C=O) groups is 1. The van der Waals surface area contributed by atoms with Crippen LogP contribution in [0.15, 0.2) is 18.2 Å². The summed E-state index contributed by atoms with van der Waals surface area (Å²) >= 11 is 0. The first-order valence-corrected chi connectivity index (χ1v) is 8.98. The number of nitrogens with zero attached hydrogens (tertiary/aromatic N) is 1. The van der Waals surface area contributed by atoms with Crippen LogP contribution in [0.5, 0.6) is 11.5 Å². The SMILES string of the molecule is COC(=O)[C@@H]1C[C@H]2CCCC[C@H]2N1Cc1ccc2c(c1)OCCO2. The van der Waals surface area contributed by atoms with Gasteiger partial charge in [-0.15, -0.1) is 0 Å². The summed E-state index contributed by atoms with van der Waals surface area (Å²) in [6, 6.07) is 6.50. The lowest BCUT2D eigenvalue weighted by Crippen LogP contribution is -2.42. The number of fused-ring (bicyclic) bond motifs is 2. The van der Waals surface area contributed by atoms with Gasteiger partial charge in [0.1, 0.15) is 19.3 Å². The first-order valence-electron chi connectivity index (χ1n) is 8.98. The van der Waals surface area contributed by atoms with Crippen molar-refractivity contribution in [3.05, 3.63) is 23.8 Å². The van der Waals surface area contributed by atoms with Crippen LogP contribution in [0.25, 0.3) is 0 Å². The Bertz CT molecular complexity index is 617. The average molecular weight is 331 g/mol. The zero-order valence-electron chi connectivity index (χ0n) is 14.2. The third-order valence-electron chi connectivity index (χ3n) is 5.67. The van der Waals surface area contributed by atoms with E-state index in [2.05, 4.69) is 17.0 Å². The zero-order chi connectivity index (χ0) is 16.5. The smallest absolute Gasteiger partial charge is 0.323 e. The van der Waals surface area contributed by atoms with Crippen molar-refractivity contribution in [3.63, 3.8) is 0 Å². The van der Waals surface area contributed by atoms with Crippen molar-refractivity contribution in [1.82, 2.24) is 4.90 Å². The first kappa shape index (κ1) is 15.8. The summed E-state index contributed by atoms with van der Waals surface area (Å²) in [5, 5.41) is 0. The van der Waals surface area contributed by atoms with Gasteiger partial charge in [0, 0.05) is 12.6 Å². The number of hydrogen-bond acceptors (Lipinski definition) is 5. The molecule has 1 aromatic carbocycles. The molecule has 0 spiro atoms. The molecule has 24 heavy (non-hydrogen) atoms. The van der Waals surface area contributed by atoms with E-state index in [4.69, 9.17) is 14.2 Å². The molecule has 1 aliphatic carbocycles.